The second-order valence-corrected chi connectivity index (χ2v) is 9.06. The monoisotopic (exact) mass is 398 g/mol. The molecule has 3 fully saturated rings. The predicted octanol–water partition coefficient (Wildman–Crippen LogP) is 3.83. The van der Waals surface area contributed by atoms with Crippen LogP contribution >= 0.6 is 0 Å². The zero-order valence-electron chi connectivity index (χ0n) is 17.6. The summed E-state index contributed by atoms with van der Waals surface area (Å²) in [4.78, 5) is 33.7. The van der Waals surface area contributed by atoms with Gasteiger partial charge in [0.2, 0.25) is 11.8 Å². The number of rotatable bonds is 5. The zero-order valence-corrected chi connectivity index (χ0v) is 17.6. The smallest absolute Gasteiger partial charge is 0.222 e. The van der Waals surface area contributed by atoms with Crippen LogP contribution in [0.4, 0.5) is 11.5 Å². The Hall–Kier alpha value is -2.11. The van der Waals surface area contributed by atoms with Crippen molar-refractivity contribution in [1.29, 1.82) is 0 Å². The van der Waals surface area contributed by atoms with Gasteiger partial charge in [-0.3, -0.25) is 9.59 Å². The number of amides is 2. The molecule has 0 spiro atoms. The van der Waals surface area contributed by atoms with Crippen LogP contribution in [0.15, 0.2) is 18.3 Å². The van der Waals surface area contributed by atoms with Crippen LogP contribution in [0, 0.1) is 11.8 Å². The van der Waals surface area contributed by atoms with E-state index >= 15 is 0 Å². The van der Waals surface area contributed by atoms with Crippen LogP contribution in [0.25, 0.3) is 0 Å². The van der Waals surface area contributed by atoms with Gasteiger partial charge in [-0.1, -0.05) is 32.1 Å². The second kappa shape index (κ2) is 9.14. The summed E-state index contributed by atoms with van der Waals surface area (Å²) in [7, 11) is 0. The summed E-state index contributed by atoms with van der Waals surface area (Å²) in [6.07, 6.45) is 12.3. The molecule has 0 bridgehead atoms. The molecular formula is C23H34N4O2. The SMILES string of the molecule is CC(=O)Nc1cccnc1N1CCCC[C@@H]2CN(C(=O)CCC3CCCC3)C[C@@H]21. The van der Waals surface area contributed by atoms with E-state index in [0.717, 1.165) is 56.3 Å². The summed E-state index contributed by atoms with van der Waals surface area (Å²) in [5.41, 5.74) is 0.770. The minimum Gasteiger partial charge on any atom is -0.350 e. The summed E-state index contributed by atoms with van der Waals surface area (Å²) in [6, 6.07) is 4.07. The largest absolute Gasteiger partial charge is 0.350 e. The van der Waals surface area contributed by atoms with E-state index in [1.54, 1.807) is 6.20 Å². The molecule has 4 rings (SSSR count). The highest BCUT2D eigenvalue weighted by molar-refractivity contribution is 5.92. The predicted molar refractivity (Wildman–Crippen MR) is 115 cm³/mol. The molecule has 0 unspecified atom stereocenters. The summed E-state index contributed by atoms with van der Waals surface area (Å²) in [5, 5.41) is 2.93. The first-order chi connectivity index (χ1) is 14.1. The Labute approximate surface area is 174 Å². The van der Waals surface area contributed by atoms with Gasteiger partial charge in [-0.25, -0.2) is 4.98 Å². The normalized spacial score (nSPS) is 25.0. The molecule has 0 radical (unpaired) electrons. The lowest BCUT2D eigenvalue weighted by molar-refractivity contribution is -0.130. The highest BCUT2D eigenvalue weighted by Gasteiger charge is 2.40. The third-order valence-corrected chi connectivity index (χ3v) is 6.99. The molecular weight excluding hydrogens is 364 g/mol. The Balaban J connectivity index is 1.46. The summed E-state index contributed by atoms with van der Waals surface area (Å²) >= 11 is 0. The molecule has 2 aliphatic heterocycles. The van der Waals surface area contributed by atoms with Crippen molar-refractivity contribution in [3.05, 3.63) is 18.3 Å². The molecule has 6 nitrogen and oxygen atoms in total. The van der Waals surface area contributed by atoms with Gasteiger partial charge in [-0.15, -0.1) is 0 Å². The molecule has 2 atom stereocenters. The molecule has 2 amide bonds. The highest BCUT2D eigenvalue weighted by Crippen LogP contribution is 2.36. The highest BCUT2D eigenvalue weighted by atomic mass is 16.2. The van der Waals surface area contributed by atoms with Crippen molar-refractivity contribution in [3.8, 4) is 0 Å². The number of pyridine rings is 1. The van der Waals surface area contributed by atoms with E-state index in [4.69, 9.17) is 0 Å². The average molecular weight is 399 g/mol. The summed E-state index contributed by atoms with van der Waals surface area (Å²) in [6.45, 7) is 4.11. The Morgan fingerprint density at radius 3 is 2.72 bits per heavy atom. The second-order valence-electron chi connectivity index (χ2n) is 9.06. The lowest BCUT2D eigenvalue weighted by Gasteiger charge is -2.32. The topological polar surface area (TPSA) is 65.5 Å². The number of nitrogens with one attached hydrogen (secondary N) is 1. The van der Waals surface area contributed by atoms with Gasteiger partial charge in [0.05, 0.1) is 11.7 Å². The van der Waals surface area contributed by atoms with Crippen molar-refractivity contribution in [2.45, 2.75) is 70.8 Å². The minimum absolute atomic E-state index is 0.0826. The third kappa shape index (κ3) is 4.73. The molecule has 1 saturated carbocycles. The van der Waals surface area contributed by atoms with E-state index in [1.165, 1.54) is 39.0 Å². The fraction of sp³-hybridized carbons (Fsp3) is 0.696. The number of nitrogens with zero attached hydrogens (tertiary/aromatic N) is 3. The summed E-state index contributed by atoms with van der Waals surface area (Å²) < 4.78 is 0. The first kappa shape index (κ1) is 20.2. The standard InChI is InChI=1S/C23H34N4O2/c1-17(28)25-20-10-6-13-24-23(20)27-14-5-4-9-19-15-26(16-21(19)27)22(29)12-11-18-7-2-3-8-18/h6,10,13,18-19,21H,2-5,7-9,11-12,14-16H2,1H3,(H,25,28)/t19-,21+/m1/s1. The molecule has 158 valence electrons. The third-order valence-electron chi connectivity index (χ3n) is 6.99. The quantitative estimate of drug-likeness (QED) is 0.819. The Morgan fingerprint density at radius 1 is 1.14 bits per heavy atom. The Kier molecular flexibility index (Phi) is 6.36. The van der Waals surface area contributed by atoms with Crippen molar-refractivity contribution in [2.75, 3.05) is 29.9 Å². The van der Waals surface area contributed by atoms with Gasteiger partial charge in [0, 0.05) is 39.2 Å². The van der Waals surface area contributed by atoms with E-state index < -0.39 is 0 Å². The molecule has 2 saturated heterocycles. The molecule has 3 aliphatic rings. The van der Waals surface area contributed by atoms with E-state index in [9.17, 15) is 9.59 Å². The van der Waals surface area contributed by atoms with E-state index in [0.29, 0.717) is 18.2 Å². The molecule has 1 aromatic rings. The minimum atomic E-state index is -0.0826. The van der Waals surface area contributed by atoms with Gasteiger partial charge in [0.1, 0.15) is 0 Å². The van der Waals surface area contributed by atoms with Gasteiger partial charge in [-0.05, 0) is 43.2 Å². The van der Waals surface area contributed by atoms with E-state index in [2.05, 4.69) is 20.1 Å². The Morgan fingerprint density at radius 2 is 1.93 bits per heavy atom. The van der Waals surface area contributed by atoms with Crippen LogP contribution in [0.5, 0.6) is 0 Å². The van der Waals surface area contributed by atoms with Gasteiger partial charge in [0.15, 0.2) is 5.82 Å². The van der Waals surface area contributed by atoms with Crippen molar-refractivity contribution in [3.63, 3.8) is 0 Å². The number of anilines is 2. The van der Waals surface area contributed by atoms with Gasteiger partial charge in [0.25, 0.3) is 0 Å². The lowest BCUT2D eigenvalue weighted by Crippen LogP contribution is -2.42. The maximum absolute atomic E-state index is 12.9. The van der Waals surface area contributed by atoms with Crippen molar-refractivity contribution in [1.82, 2.24) is 9.88 Å². The molecule has 1 aliphatic carbocycles. The van der Waals surface area contributed by atoms with Crippen molar-refractivity contribution < 1.29 is 9.59 Å². The number of aromatic nitrogens is 1. The molecule has 29 heavy (non-hydrogen) atoms. The van der Waals surface area contributed by atoms with Crippen molar-refractivity contribution in [2.24, 2.45) is 11.8 Å². The summed E-state index contributed by atoms with van der Waals surface area (Å²) in [5.74, 6) is 2.34. The van der Waals surface area contributed by atoms with Gasteiger partial charge in [-0.2, -0.15) is 0 Å². The molecule has 0 aromatic carbocycles. The first-order valence-electron chi connectivity index (χ1n) is 11.4. The molecule has 1 aromatic heterocycles. The van der Waals surface area contributed by atoms with Gasteiger partial charge >= 0.3 is 0 Å². The maximum atomic E-state index is 12.9. The number of hydrogen-bond acceptors (Lipinski definition) is 4. The van der Waals surface area contributed by atoms with Gasteiger partial charge < -0.3 is 15.1 Å². The van der Waals surface area contributed by atoms with Crippen LogP contribution in [0.2, 0.25) is 0 Å². The number of likely N-dealkylation sites (tertiary alicyclic amines) is 1. The first-order valence-corrected chi connectivity index (χ1v) is 11.4. The fourth-order valence-corrected chi connectivity index (χ4v) is 5.51. The fourth-order valence-electron chi connectivity index (χ4n) is 5.51. The number of fused-ring (bicyclic) bond motifs is 1. The lowest BCUT2D eigenvalue weighted by atomic mass is 9.98. The van der Waals surface area contributed by atoms with Crippen molar-refractivity contribution >= 4 is 23.3 Å². The van der Waals surface area contributed by atoms with Crippen LogP contribution in [0.1, 0.15) is 64.7 Å². The average Bonchev–Trinajstić information content (AvgIpc) is 3.33. The number of carbonyl (C=O) groups excluding carboxylic acids is 2. The van der Waals surface area contributed by atoms with Crippen LogP contribution in [0.3, 0.4) is 0 Å². The molecule has 6 heteroatoms. The van der Waals surface area contributed by atoms with Crippen LogP contribution in [-0.4, -0.2) is 47.4 Å². The van der Waals surface area contributed by atoms with Crippen LogP contribution in [-0.2, 0) is 9.59 Å². The number of hydrogen-bond donors (Lipinski definition) is 1. The molecule has 1 N–H and O–H groups in total. The van der Waals surface area contributed by atoms with Crippen LogP contribution < -0.4 is 10.2 Å². The maximum Gasteiger partial charge on any atom is 0.222 e. The zero-order chi connectivity index (χ0) is 20.2. The number of carbonyl (C=O) groups is 2. The van der Waals surface area contributed by atoms with E-state index in [-0.39, 0.29) is 11.9 Å². The molecule has 3 heterocycles. The van der Waals surface area contributed by atoms with E-state index in [1.807, 2.05) is 12.1 Å². The Bertz CT molecular complexity index is 731.